The van der Waals surface area contributed by atoms with Crippen LogP contribution >= 0.6 is 0 Å². The summed E-state index contributed by atoms with van der Waals surface area (Å²) in [6.07, 6.45) is 0.600. The number of aromatic nitrogens is 2. The topological polar surface area (TPSA) is 111 Å². The Morgan fingerprint density at radius 2 is 2.39 bits per heavy atom. The quantitative estimate of drug-likeness (QED) is 0.269. The fraction of sp³-hybridized carbons (Fsp3) is 0.700. The summed E-state index contributed by atoms with van der Waals surface area (Å²) >= 11 is 0. The van der Waals surface area contributed by atoms with E-state index in [4.69, 9.17) is 15.1 Å². The zero-order valence-corrected chi connectivity index (χ0v) is 10.9. The van der Waals surface area contributed by atoms with Gasteiger partial charge in [0, 0.05) is 26.5 Å². The van der Waals surface area contributed by atoms with Crippen LogP contribution in [0.15, 0.2) is 9.52 Å². The molecule has 8 nitrogen and oxygen atoms in total. The highest BCUT2D eigenvalue weighted by molar-refractivity contribution is 5.79. The number of aliphatic imine (C=N–C) groups is 1. The van der Waals surface area contributed by atoms with Gasteiger partial charge in [0.1, 0.15) is 0 Å². The number of ether oxygens (including phenoxy) is 1. The zero-order valence-electron chi connectivity index (χ0n) is 10.9. The Morgan fingerprint density at radius 3 is 2.94 bits per heavy atom. The number of rotatable bonds is 6. The van der Waals surface area contributed by atoms with E-state index < -0.39 is 0 Å². The first-order valence-corrected chi connectivity index (χ1v) is 5.71. The smallest absolute Gasteiger partial charge is 0.223 e. The van der Waals surface area contributed by atoms with Crippen LogP contribution in [0.4, 0.5) is 0 Å². The lowest BCUT2D eigenvalue weighted by Gasteiger charge is -2.15. The van der Waals surface area contributed by atoms with Crippen molar-refractivity contribution in [3.05, 3.63) is 11.7 Å². The molecule has 1 unspecified atom stereocenters. The maximum absolute atomic E-state index is 5.37. The summed E-state index contributed by atoms with van der Waals surface area (Å²) in [6.45, 7) is 4.81. The second kappa shape index (κ2) is 7.62. The monoisotopic (exact) mass is 256 g/mol. The minimum absolute atomic E-state index is 0.122. The molecule has 1 heterocycles. The molecule has 4 N–H and O–H groups in total. The molecule has 102 valence electrons. The highest BCUT2D eigenvalue weighted by atomic mass is 16.5. The minimum Gasteiger partial charge on any atom is -0.383 e. The molecule has 18 heavy (non-hydrogen) atoms. The Bertz CT molecular complexity index is 378. The number of methoxy groups -OCH3 is 1. The molecule has 0 aromatic carbocycles. The summed E-state index contributed by atoms with van der Waals surface area (Å²) in [6, 6.07) is 0.122. The summed E-state index contributed by atoms with van der Waals surface area (Å²) in [5.74, 6) is 7.07. The van der Waals surface area contributed by atoms with Crippen molar-refractivity contribution in [2.45, 2.75) is 26.3 Å². The van der Waals surface area contributed by atoms with Gasteiger partial charge in [-0.1, -0.05) is 5.16 Å². The van der Waals surface area contributed by atoms with Gasteiger partial charge in [-0.15, -0.1) is 0 Å². The molecule has 0 aliphatic rings. The Balaban J connectivity index is 2.37. The molecule has 0 saturated carbocycles. The number of nitrogens with one attached hydrogen (secondary N) is 2. The molecular formula is C10H20N6O2. The van der Waals surface area contributed by atoms with Crippen LogP contribution in [0.2, 0.25) is 0 Å². The van der Waals surface area contributed by atoms with Crippen molar-refractivity contribution in [1.29, 1.82) is 0 Å². The van der Waals surface area contributed by atoms with Crippen molar-refractivity contribution in [1.82, 2.24) is 20.9 Å². The largest absolute Gasteiger partial charge is 0.383 e. The van der Waals surface area contributed by atoms with E-state index in [0.717, 1.165) is 0 Å². The summed E-state index contributed by atoms with van der Waals surface area (Å²) in [5.41, 5.74) is 2.50. The van der Waals surface area contributed by atoms with Crippen LogP contribution in [0.5, 0.6) is 0 Å². The first kappa shape index (κ1) is 14.4. The lowest BCUT2D eigenvalue weighted by atomic mass is 10.4. The van der Waals surface area contributed by atoms with Crippen LogP contribution in [0.3, 0.4) is 0 Å². The minimum atomic E-state index is 0.122. The van der Waals surface area contributed by atoms with E-state index in [2.05, 4.69) is 25.9 Å². The predicted octanol–water partition coefficient (Wildman–Crippen LogP) is -0.636. The number of hydrogen-bond acceptors (Lipinski definition) is 6. The van der Waals surface area contributed by atoms with E-state index >= 15 is 0 Å². The third kappa shape index (κ3) is 5.11. The van der Waals surface area contributed by atoms with E-state index in [1.54, 1.807) is 14.0 Å². The standard InChI is InChI=1S/C10H20N6O2/c1-7(6-17-3)13-10(15-11)12-5-4-9-14-8(2)18-16-9/h7H,4-6,11H2,1-3H3,(H2,12,13,15). The molecule has 0 bridgehead atoms. The van der Waals surface area contributed by atoms with Crippen molar-refractivity contribution in [3.63, 3.8) is 0 Å². The predicted molar refractivity (Wildman–Crippen MR) is 66.8 cm³/mol. The van der Waals surface area contributed by atoms with Gasteiger partial charge < -0.3 is 14.6 Å². The highest BCUT2D eigenvalue weighted by Crippen LogP contribution is 1.95. The van der Waals surface area contributed by atoms with Gasteiger partial charge in [0.25, 0.3) is 0 Å². The van der Waals surface area contributed by atoms with Crippen molar-refractivity contribution in [3.8, 4) is 0 Å². The second-order valence-corrected chi connectivity index (χ2v) is 3.86. The summed E-state index contributed by atoms with van der Waals surface area (Å²) in [5, 5.41) is 6.87. The van der Waals surface area contributed by atoms with Gasteiger partial charge in [0.15, 0.2) is 5.82 Å². The lowest BCUT2D eigenvalue weighted by molar-refractivity contribution is 0.179. The number of hydrogen-bond donors (Lipinski definition) is 3. The third-order valence-electron chi connectivity index (χ3n) is 2.11. The van der Waals surface area contributed by atoms with Crippen molar-refractivity contribution < 1.29 is 9.26 Å². The molecule has 0 spiro atoms. The SMILES string of the molecule is COCC(C)NC(=NCCc1noc(C)n1)NN. The fourth-order valence-electron chi connectivity index (χ4n) is 1.37. The van der Waals surface area contributed by atoms with E-state index in [1.807, 2.05) is 6.92 Å². The Kier molecular flexibility index (Phi) is 6.09. The zero-order chi connectivity index (χ0) is 13.4. The van der Waals surface area contributed by atoms with E-state index in [-0.39, 0.29) is 6.04 Å². The van der Waals surface area contributed by atoms with Crippen LogP contribution < -0.4 is 16.6 Å². The van der Waals surface area contributed by atoms with E-state index in [1.165, 1.54) is 0 Å². The van der Waals surface area contributed by atoms with E-state index in [9.17, 15) is 0 Å². The number of aryl methyl sites for hydroxylation is 1. The van der Waals surface area contributed by atoms with Gasteiger partial charge in [0.2, 0.25) is 11.9 Å². The molecule has 1 rings (SSSR count). The normalized spacial score (nSPS) is 13.4. The average Bonchev–Trinajstić information content (AvgIpc) is 2.74. The summed E-state index contributed by atoms with van der Waals surface area (Å²) in [4.78, 5) is 8.35. The summed E-state index contributed by atoms with van der Waals surface area (Å²) < 4.78 is 9.87. The Labute approximate surface area is 106 Å². The molecular weight excluding hydrogens is 236 g/mol. The first-order chi connectivity index (χ1) is 8.65. The summed E-state index contributed by atoms with van der Waals surface area (Å²) in [7, 11) is 1.64. The maximum atomic E-state index is 5.37. The van der Waals surface area contributed by atoms with Crippen LogP contribution in [0, 0.1) is 6.92 Å². The van der Waals surface area contributed by atoms with E-state index in [0.29, 0.717) is 37.2 Å². The average molecular weight is 256 g/mol. The lowest BCUT2D eigenvalue weighted by Crippen LogP contribution is -2.47. The third-order valence-corrected chi connectivity index (χ3v) is 2.11. The molecule has 0 aliphatic carbocycles. The van der Waals surface area contributed by atoms with Crippen LogP contribution in [-0.4, -0.2) is 42.4 Å². The van der Waals surface area contributed by atoms with Crippen molar-refractivity contribution >= 4 is 5.96 Å². The molecule has 0 fully saturated rings. The molecule has 8 heteroatoms. The van der Waals surface area contributed by atoms with Crippen molar-refractivity contribution in [2.24, 2.45) is 10.8 Å². The van der Waals surface area contributed by atoms with Crippen molar-refractivity contribution in [2.75, 3.05) is 20.3 Å². The molecule has 0 radical (unpaired) electrons. The first-order valence-electron chi connectivity index (χ1n) is 5.71. The number of guanidine groups is 1. The van der Waals surface area contributed by atoms with Gasteiger partial charge in [0.05, 0.1) is 13.2 Å². The molecule has 0 aliphatic heterocycles. The number of nitrogens with two attached hydrogens (primary N) is 1. The Hall–Kier alpha value is -1.67. The highest BCUT2D eigenvalue weighted by Gasteiger charge is 2.04. The molecule has 1 atom stereocenters. The molecule has 1 aromatic rings. The number of nitrogens with zero attached hydrogens (tertiary/aromatic N) is 3. The molecule has 0 saturated heterocycles. The van der Waals surface area contributed by atoms with Gasteiger partial charge in [-0.25, -0.2) is 5.84 Å². The Morgan fingerprint density at radius 1 is 1.61 bits per heavy atom. The van der Waals surface area contributed by atoms with Gasteiger partial charge >= 0.3 is 0 Å². The van der Waals surface area contributed by atoms with Crippen LogP contribution in [-0.2, 0) is 11.2 Å². The van der Waals surface area contributed by atoms with Gasteiger partial charge in [-0.3, -0.25) is 10.4 Å². The fourth-order valence-corrected chi connectivity index (χ4v) is 1.37. The second-order valence-electron chi connectivity index (χ2n) is 3.86. The molecule has 0 amide bonds. The maximum Gasteiger partial charge on any atom is 0.223 e. The van der Waals surface area contributed by atoms with Crippen LogP contribution in [0.1, 0.15) is 18.6 Å². The number of hydrazine groups is 1. The van der Waals surface area contributed by atoms with Crippen LogP contribution in [0.25, 0.3) is 0 Å². The van der Waals surface area contributed by atoms with Gasteiger partial charge in [-0.2, -0.15) is 4.98 Å². The van der Waals surface area contributed by atoms with Gasteiger partial charge in [-0.05, 0) is 6.92 Å². The molecule has 1 aromatic heterocycles.